The van der Waals surface area contributed by atoms with Crippen molar-refractivity contribution in [1.29, 1.82) is 0 Å². The number of benzene rings is 3. The number of hydrogen-bond acceptors (Lipinski definition) is 4. The summed E-state index contributed by atoms with van der Waals surface area (Å²) in [7, 11) is 0. The summed E-state index contributed by atoms with van der Waals surface area (Å²) in [4.78, 5) is 35.2. The molecule has 1 unspecified atom stereocenters. The van der Waals surface area contributed by atoms with E-state index in [-0.39, 0.29) is 17.9 Å². The van der Waals surface area contributed by atoms with Crippen molar-refractivity contribution in [2.75, 3.05) is 5.32 Å². The third kappa shape index (κ3) is 5.91. The molecule has 0 saturated carbocycles. The molecule has 6 nitrogen and oxygen atoms in total. The molecule has 40 heavy (non-hydrogen) atoms. The number of fused-ring (bicyclic) bond motifs is 1. The van der Waals surface area contributed by atoms with Crippen LogP contribution in [0.15, 0.2) is 103 Å². The molecule has 0 aliphatic heterocycles. The van der Waals surface area contributed by atoms with E-state index in [9.17, 15) is 9.59 Å². The molecule has 2 aromatic heterocycles. The van der Waals surface area contributed by atoms with Crippen molar-refractivity contribution < 1.29 is 9.59 Å². The van der Waals surface area contributed by atoms with Crippen LogP contribution in [0.5, 0.6) is 0 Å². The number of nitrogens with zero attached hydrogens (tertiary/aromatic N) is 2. The minimum atomic E-state index is -0.206. The number of carbonyl (C=O) groups is 2. The van der Waals surface area contributed by atoms with E-state index in [4.69, 9.17) is 0 Å². The van der Waals surface area contributed by atoms with Crippen LogP contribution in [0.3, 0.4) is 0 Å². The molecule has 0 spiro atoms. The molecule has 1 atom stereocenters. The zero-order valence-corrected chi connectivity index (χ0v) is 22.9. The van der Waals surface area contributed by atoms with Gasteiger partial charge in [0.1, 0.15) is 0 Å². The summed E-state index contributed by atoms with van der Waals surface area (Å²) in [6.07, 6.45) is 4.00. The van der Waals surface area contributed by atoms with Gasteiger partial charge in [-0.1, -0.05) is 75.4 Å². The molecule has 0 aliphatic rings. The summed E-state index contributed by atoms with van der Waals surface area (Å²) < 4.78 is 0. The summed E-state index contributed by atoms with van der Waals surface area (Å²) in [6.45, 7) is 6.33. The predicted octanol–water partition coefficient (Wildman–Crippen LogP) is 7.55. The number of anilines is 1. The van der Waals surface area contributed by atoms with E-state index in [2.05, 4.69) is 58.7 Å². The Balaban J connectivity index is 1.32. The van der Waals surface area contributed by atoms with Gasteiger partial charge in [-0.25, -0.2) is 0 Å². The monoisotopic (exact) mass is 528 g/mol. The summed E-state index contributed by atoms with van der Waals surface area (Å²) in [5.74, 6) is 0.0424. The molecule has 5 aromatic rings. The second-order valence-corrected chi connectivity index (χ2v) is 10.1. The highest BCUT2D eigenvalue weighted by Gasteiger charge is 2.17. The van der Waals surface area contributed by atoms with E-state index in [1.54, 1.807) is 12.4 Å². The summed E-state index contributed by atoms with van der Waals surface area (Å²) >= 11 is 0. The van der Waals surface area contributed by atoms with Crippen LogP contribution in [0, 0.1) is 0 Å². The van der Waals surface area contributed by atoms with Gasteiger partial charge >= 0.3 is 0 Å². The molecule has 0 saturated heterocycles. The van der Waals surface area contributed by atoms with Crippen LogP contribution in [0.1, 0.15) is 71.1 Å². The van der Waals surface area contributed by atoms with Crippen LogP contribution in [0.4, 0.5) is 5.69 Å². The van der Waals surface area contributed by atoms with Crippen LogP contribution in [-0.2, 0) is 0 Å². The smallest absolute Gasteiger partial charge is 0.256 e. The van der Waals surface area contributed by atoms with Gasteiger partial charge in [0.2, 0.25) is 0 Å². The van der Waals surface area contributed by atoms with Crippen LogP contribution < -0.4 is 10.6 Å². The van der Waals surface area contributed by atoms with Crippen molar-refractivity contribution in [2.24, 2.45) is 0 Å². The van der Waals surface area contributed by atoms with Crippen molar-refractivity contribution in [3.63, 3.8) is 0 Å². The molecule has 6 heteroatoms. The third-order valence-electron chi connectivity index (χ3n) is 7.02. The zero-order chi connectivity index (χ0) is 28.1. The number of aromatic nitrogens is 2. The maximum atomic E-state index is 13.3. The lowest BCUT2D eigenvalue weighted by Gasteiger charge is -2.16. The molecule has 0 fully saturated rings. The Hall–Kier alpha value is -4.84. The largest absolute Gasteiger partial charge is 0.344 e. The SMILES string of the molecule is CCC(NC(=O)c1cnc2cc(NC(=O)c3ccccc3-c3ccc(C(C)C)cc3)ccc2c1)c1ccccn1. The summed E-state index contributed by atoms with van der Waals surface area (Å²) in [5, 5.41) is 6.87. The molecule has 3 aromatic carbocycles. The van der Waals surface area contributed by atoms with E-state index < -0.39 is 0 Å². The van der Waals surface area contributed by atoms with E-state index in [0.29, 0.717) is 28.2 Å². The maximum Gasteiger partial charge on any atom is 0.256 e. The van der Waals surface area contributed by atoms with E-state index >= 15 is 0 Å². The number of hydrogen-bond donors (Lipinski definition) is 2. The van der Waals surface area contributed by atoms with Crippen LogP contribution in [-0.4, -0.2) is 21.8 Å². The van der Waals surface area contributed by atoms with E-state index in [1.807, 2.05) is 73.7 Å². The van der Waals surface area contributed by atoms with E-state index in [1.165, 1.54) is 5.56 Å². The standard InChI is InChI=1S/C34H32N4O2/c1-4-30(31-11-7-8-18-35-31)38-33(39)26-19-25-16-17-27(20-32(25)36-21-26)37-34(40)29-10-6-5-9-28(29)24-14-12-23(13-15-24)22(2)3/h5-22,30H,4H2,1-3H3,(H,37,40)(H,38,39). The molecule has 0 bridgehead atoms. The highest BCUT2D eigenvalue weighted by Crippen LogP contribution is 2.27. The molecular weight excluding hydrogens is 496 g/mol. The second kappa shape index (κ2) is 11.9. The minimum absolute atomic E-state index is 0.182. The van der Waals surface area contributed by atoms with Crippen LogP contribution >= 0.6 is 0 Å². The van der Waals surface area contributed by atoms with Gasteiger partial charge in [0.15, 0.2) is 0 Å². The molecule has 200 valence electrons. The fourth-order valence-corrected chi connectivity index (χ4v) is 4.71. The van der Waals surface area contributed by atoms with Gasteiger partial charge in [0.05, 0.1) is 22.8 Å². The average Bonchev–Trinajstić information content (AvgIpc) is 3.00. The average molecular weight is 529 g/mol. The third-order valence-corrected chi connectivity index (χ3v) is 7.02. The number of amides is 2. The van der Waals surface area contributed by atoms with Gasteiger partial charge in [-0.05, 0) is 65.4 Å². The first kappa shape index (κ1) is 26.8. The zero-order valence-electron chi connectivity index (χ0n) is 22.9. The second-order valence-electron chi connectivity index (χ2n) is 10.1. The fraction of sp³-hybridized carbons (Fsp3) is 0.176. The van der Waals surface area contributed by atoms with Crippen LogP contribution in [0.25, 0.3) is 22.0 Å². The van der Waals surface area contributed by atoms with Gasteiger partial charge < -0.3 is 10.6 Å². The first-order valence-electron chi connectivity index (χ1n) is 13.5. The normalized spacial score (nSPS) is 11.8. The first-order valence-corrected chi connectivity index (χ1v) is 13.5. The molecule has 0 radical (unpaired) electrons. The van der Waals surface area contributed by atoms with Crippen molar-refractivity contribution in [3.05, 3.63) is 126 Å². The summed E-state index contributed by atoms with van der Waals surface area (Å²) in [5.41, 5.74) is 6.33. The lowest BCUT2D eigenvalue weighted by atomic mass is 9.95. The van der Waals surface area contributed by atoms with Gasteiger partial charge in [0, 0.05) is 29.0 Å². The first-order chi connectivity index (χ1) is 19.4. The maximum absolute atomic E-state index is 13.3. The lowest BCUT2D eigenvalue weighted by Crippen LogP contribution is -2.28. The fourth-order valence-electron chi connectivity index (χ4n) is 4.71. The Morgan fingerprint density at radius 2 is 1.60 bits per heavy atom. The number of rotatable bonds is 8. The van der Waals surface area contributed by atoms with Crippen molar-refractivity contribution in [1.82, 2.24) is 15.3 Å². The van der Waals surface area contributed by atoms with Crippen molar-refractivity contribution >= 4 is 28.4 Å². The number of nitrogens with one attached hydrogen (secondary N) is 2. The summed E-state index contributed by atoms with van der Waals surface area (Å²) in [6, 6.07) is 28.8. The molecule has 2 N–H and O–H groups in total. The quantitative estimate of drug-likeness (QED) is 0.218. The highest BCUT2D eigenvalue weighted by molar-refractivity contribution is 6.09. The number of pyridine rings is 2. The lowest BCUT2D eigenvalue weighted by molar-refractivity contribution is 0.0933. The van der Waals surface area contributed by atoms with E-state index in [0.717, 1.165) is 28.6 Å². The van der Waals surface area contributed by atoms with Crippen LogP contribution in [0.2, 0.25) is 0 Å². The molecule has 2 amide bonds. The Bertz CT molecular complexity index is 1650. The van der Waals surface area contributed by atoms with Gasteiger partial charge in [-0.15, -0.1) is 0 Å². The predicted molar refractivity (Wildman–Crippen MR) is 160 cm³/mol. The van der Waals surface area contributed by atoms with Gasteiger partial charge in [-0.3, -0.25) is 19.6 Å². The Morgan fingerprint density at radius 1 is 0.825 bits per heavy atom. The molecular formula is C34H32N4O2. The molecule has 2 heterocycles. The van der Waals surface area contributed by atoms with Crippen molar-refractivity contribution in [2.45, 2.75) is 39.2 Å². The van der Waals surface area contributed by atoms with Gasteiger partial charge in [-0.2, -0.15) is 0 Å². The van der Waals surface area contributed by atoms with Gasteiger partial charge in [0.25, 0.3) is 11.8 Å². The topological polar surface area (TPSA) is 84.0 Å². The Kier molecular flexibility index (Phi) is 7.97. The number of carbonyl (C=O) groups excluding carboxylic acids is 2. The van der Waals surface area contributed by atoms with Crippen molar-refractivity contribution in [3.8, 4) is 11.1 Å². The Morgan fingerprint density at radius 3 is 2.33 bits per heavy atom. The molecule has 5 rings (SSSR count). The minimum Gasteiger partial charge on any atom is -0.344 e. The Labute approximate surface area is 234 Å². The molecule has 0 aliphatic carbocycles. The highest BCUT2D eigenvalue weighted by atomic mass is 16.2.